The second kappa shape index (κ2) is 4.16. The van der Waals surface area contributed by atoms with Crippen LogP contribution in [0.1, 0.15) is 40.0 Å². The molecule has 1 atom stereocenters. The average Bonchev–Trinajstić information content (AvgIpc) is 2.90. The van der Waals surface area contributed by atoms with E-state index in [2.05, 4.69) is 0 Å². The van der Waals surface area contributed by atoms with Crippen molar-refractivity contribution in [1.29, 1.82) is 0 Å². The largest absolute Gasteiger partial charge is 0.444 e. The lowest BCUT2D eigenvalue weighted by Crippen LogP contribution is -2.42. The minimum Gasteiger partial charge on any atom is -0.444 e. The van der Waals surface area contributed by atoms with Gasteiger partial charge in [-0.3, -0.25) is 0 Å². The van der Waals surface area contributed by atoms with Crippen LogP contribution in [0, 0.1) is 11.3 Å². The molecule has 1 amide bonds. The van der Waals surface area contributed by atoms with E-state index in [1.807, 2.05) is 20.8 Å². The Kier molecular flexibility index (Phi) is 3.10. The van der Waals surface area contributed by atoms with E-state index in [0.717, 1.165) is 32.4 Å². The Morgan fingerprint density at radius 2 is 2.00 bits per heavy atom. The van der Waals surface area contributed by atoms with Crippen molar-refractivity contribution in [3.63, 3.8) is 0 Å². The fourth-order valence-corrected chi connectivity index (χ4v) is 2.76. The molecule has 1 aliphatic carbocycles. The first-order chi connectivity index (χ1) is 7.86. The van der Waals surface area contributed by atoms with E-state index < -0.39 is 5.60 Å². The van der Waals surface area contributed by atoms with Crippen molar-refractivity contribution in [3.05, 3.63) is 0 Å². The number of carbonyl (C=O) groups excluding carboxylic acids is 1. The molecule has 0 aromatic heterocycles. The van der Waals surface area contributed by atoms with Gasteiger partial charge in [0.15, 0.2) is 0 Å². The lowest BCUT2D eigenvalue weighted by molar-refractivity contribution is 0.0161. The lowest BCUT2D eigenvalue weighted by Gasteiger charge is -2.34. The van der Waals surface area contributed by atoms with Gasteiger partial charge >= 0.3 is 6.09 Å². The van der Waals surface area contributed by atoms with Gasteiger partial charge in [0.05, 0.1) is 0 Å². The van der Waals surface area contributed by atoms with Crippen LogP contribution in [0.4, 0.5) is 4.79 Å². The molecular weight excluding hydrogens is 218 g/mol. The average molecular weight is 241 g/mol. The molecular formula is C13H23NO3. The first-order valence-electron chi connectivity index (χ1n) is 6.45. The normalized spacial score (nSPS) is 27.1. The number of amides is 1. The van der Waals surface area contributed by atoms with Crippen molar-refractivity contribution >= 4 is 6.09 Å². The first-order valence-corrected chi connectivity index (χ1v) is 6.45. The number of ether oxygens (including phenoxy) is 1. The van der Waals surface area contributed by atoms with Gasteiger partial charge in [-0.2, -0.15) is 0 Å². The number of piperidine rings is 1. The molecule has 0 aromatic carbocycles. The number of hydrogen-bond donors (Lipinski definition) is 1. The highest BCUT2D eigenvalue weighted by Crippen LogP contribution is 2.58. The molecule has 98 valence electrons. The second-order valence-corrected chi connectivity index (χ2v) is 6.41. The number of likely N-dealkylation sites (tertiary alicyclic amines) is 1. The van der Waals surface area contributed by atoms with E-state index in [0.29, 0.717) is 17.9 Å². The summed E-state index contributed by atoms with van der Waals surface area (Å²) in [6.07, 6.45) is 2.95. The Hall–Kier alpha value is -0.770. The smallest absolute Gasteiger partial charge is 0.410 e. The minimum absolute atomic E-state index is 0.200. The Morgan fingerprint density at radius 3 is 2.41 bits per heavy atom. The summed E-state index contributed by atoms with van der Waals surface area (Å²) in [5.41, 5.74) is -0.0767. The van der Waals surface area contributed by atoms with Gasteiger partial charge < -0.3 is 14.7 Å². The number of nitrogens with zero attached hydrogens (tertiary/aromatic N) is 1. The summed E-state index contributed by atoms with van der Waals surface area (Å²) in [7, 11) is 0. The van der Waals surface area contributed by atoms with E-state index in [1.165, 1.54) is 0 Å². The van der Waals surface area contributed by atoms with Gasteiger partial charge in [-0.1, -0.05) is 0 Å². The van der Waals surface area contributed by atoms with Crippen LogP contribution >= 0.6 is 0 Å². The zero-order chi connectivity index (χ0) is 12.7. The molecule has 1 saturated carbocycles. The molecule has 1 heterocycles. The molecule has 0 bridgehead atoms. The lowest BCUT2D eigenvalue weighted by atomic mass is 9.91. The van der Waals surface area contributed by atoms with Gasteiger partial charge in [-0.15, -0.1) is 0 Å². The molecule has 1 saturated heterocycles. The van der Waals surface area contributed by atoms with Crippen LogP contribution in [0.15, 0.2) is 0 Å². The maximum absolute atomic E-state index is 11.9. The molecule has 0 unspecified atom stereocenters. The summed E-state index contributed by atoms with van der Waals surface area (Å²) in [4.78, 5) is 13.6. The molecule has 2 rings (SSSR count). The third-order valence-corrected chi connectivity index (χ3v) is 3.99. The van der Waals surface area contributed by atoms with Gasteiger partial charge in [-0.25, -0.2) is 4.79 Å². The maximum atomic E-state index is 11.9. The fourth-order valence-electron chi connectivity index (χ4n) is 2.76. The van der Waals surface area contributed by atoms with E-state index >= 15 is 0 Å². The number of aliphatic hydroxyl groups excluding tert-OH is 1. The van der Waals surface area contributed by atoms with Gasteiger partial charge in [0.1, 0.15) is 5.60 Å². The minimum atomic E-state index is -0.417. The molecule has 1 N–H and O–H groups in total. The number of hydrogen-bond acceptors (Lipinski definition) is 3. The van der Waals surface area contributed by atoms with Crippen LogP contribution in [-0.4, -0.2) is 41.4 Å². The van der Waals surface area contributed by atoms with Crippen molar-refractivity contribution in [2.45, 2.75) is 45.6 Å². The summed E-state index contributed by atoms with van der Waals surface area (Å²) in [6.45, 7) is 7.50. The van der Waals surface area contributed by atoms with Gasteiger partial charge in [0, 0.05) is 19.7 Å². The predicted molar refractivity (Wildman–Crippen MR) is 64.7 cm³/mol. The third-order valence-electron chi connectivity index (χ3n) is 3.99. The van der Waals surface area contributed by atoms with Crippen LogP contribution in [0.25, 0.3) is 0 Å². The highest BCUT2D eigenvalue weighted by molar-refractivity contribution is 5.68. The number of aliphatic hydroxyl groups is 1. The van der Waals surface area contributed by atoms with Crippen LogP contribution in [0.3, 0.4) is 0 Å². The summed E-state index contributed by atoms with van der Waals surface area (Å²) in [5.74, 6) is 0.475. The molecule has 17 heavy (non-hydrogen) atoms. The van der Waals surface area contributed by atoms with Crippen molar-refractivity contribution in [2.75, 3.05) is 19.7 Å². The SMILES string of the molecule is CC(C)(C)OC(=O)N1CCC2(CC1)C[C@H]2CO. The molecule has 1 aliphatic heterocycles. The van der Waals surface area contributed by atoms with Gasteiger partial charge in [0.2, 0.25) is 0 Å². The Labute approximate surface area is 103 Å². The highest BCUT2D eigenvalue weighted by atomic mass is 16.6. The molecule has 4 heteroatoms. The summed E-state index contributed by atoms with van der Waals surface area (Å²) in [5, 5.41) is 9.15. The highest BCUT2D eigenvalue weighted by Gasteiger charge is 2.54. The van der Waals surface area contributed by atoms with Crippen molar-refractivity contribution in [1.82, 2.24) is 4.90 Å². The fraction of sp³-hybridized carbons (Fsp3) is 0.923. The summed E-state index contributed by atoms with van der Waals surface area (Å²) < 4.78 is 5.36. The van der Waals surface area contributed by atoms with E-state index in [9.17, 15) is 4.79 Å². The summed E-state index contributed by atoms with van der Waals surface area (Å²) in [6, 6.07) is 0. The number of rotatable bonds is 1. The van der Waals surface area contributed by atoms with Crippen LogP contribution in [-0.2, 0) is 4.74 Å². The zero-order valence-corrected chi connectivity index (χ0v) is 11.0. The topological polar surface area (TPSA) is 49.8 Å². The Balaban J connectivity index is 1.82. The van der Waals surface area contributed by atoms with Crippen molar-refractivity contribution in [2.24, 2.45) is 11.3 Å². The maximum Gasteiger partial charge on any atom is 0.410 e. The summed E-state index contributed by atoms with van der Waals surface area (Å²) >= 11 is 0. The molecule has 0 aromatic rings. The standard InChI is InChI=1S/C13H23NO3/c1-12(2,3)17-11(16)14-6-4-13(5-7-14)8-10(13)9-15/h10,15H,4-9H2,1-3H3/t10-/m0/s1. The predicted octanol–water partition coefficient (Wildman–Crippen LogP) is 2.02. The van der Waals surface area contributed by atoms with Crippen LogP contribution in [0.5, 0.6) is 0 Å². The monoisotopic (exact) mass is 241 g/mol. The third kappa shape index (κ3) is 2.73. The van der Waals surface area contributed by atoms with Gasteiger partial charge in [-0.05, 0) is 51.4 Å². The molecule has 0 radical (unpaired) electrons. The first kappa shape index (κ1) is 12.7. The number of carbonyl (C=O) groups is 1. The van der Waals surface area contributed by atoms with E-state index in [4.69, 9.17) is 9.84 Å². The van der Waals surface area contributed by atoms with E-state index in [1.54, 1.807) is 4.90 Å². The quantitative estimate of drug-likeness (QED) is 0.764. The molecule has 2 fully saturated rings. The van der Waals surface area contributed by atoms with Gasteiger partial charge in [0.25, 0.3) is 0 Å². The Bertz CT molecular complexity index is 300. The molecule has 1 spiro atoms. The zero-order valence-electron chi connectivity index (χ0n) is 11.0. The Morgan fingerprint density at radius 1 is 1.41 bits per heavy atom. The molecule has 2 aliphatic rings. The molecule has 4 nitrogen and oxygen atoms in total. The second-order valence-electron chi connectivity index (χ2n) is 6.41. The van der Waals surface area contributed by atoms with Crippen molar-refractivity contribution in [3.8, 4) is 0 Å². The van der Waals surface area contributed by atoms with Crippen LogP contribution < -0.4 is 0 Å². The van der Waals surface area contributed by atoms with Crippen molar-refractivity contribution < 1.29 is 14.6 Å². The van der Waals surface area contributed by atoms with E-state index in [-0.39, 0.29) is 6.09 Å². The van der Waals surface area contributed by atoms with Crippen LogP contribution in [0.2, 0.25) is 0 Å².